The maximum Gasteiger partial charge on any atom is 0.481 e. The zero-order valence-corrected chi connectivity index (χ0v) is 18.6. The first kappa shape index (κ1) is 26.7. The van der Waals surface area contributed by atoms with Gasteiger partial charge in [0.15, 0.2) is 0 Å². The maximum absolute atomic E-state index is 11.3. The highest BCUT2D eigenvalue weighted by atomic mass is 31.3. The Morgan fingerprint density at radius 2 is 1.41 bits per heavy atom. The third-order valence-corrected chi connectivity index (χ3v) is 6.24. The van der Waals surface area contributed by atoms with Gasteiger partial charge in [-0.1, -0.05) is 68.7 Å². The standard InChI is InChI=1S/C18H36O7P2/c1-4-5-6-7-8-9-10-12-17(2)13-11-14-18(3)15-16-24-27(22,23)25-26(19,20)21/h13,15H,4-12,14,16H2,1-3H3,(H,22,23)(H2,19,20,21)/b17-13+,18-15+. The zero-order valence-electron chi connectivity index (χ0n) is 16.8. The second-order valence-electron chi connectivity index (χ2n) is 6.85. The molecule has 0 saturated carbocycles. The van der Waals surface area contributed by atoms with Crippen LogP contribution in [0.4, 0.5) is 0 Å². The van der Waals surface area contributed by atoms with Crippen molar-refractivity contribution in [1.29, 1.82) is 0 Å². The van der Waals surface area contributed by atoms with Gasteiger partial charge in [-0.05, 0) is 39.5 Å². The minimum Gasteiger partial charge on any atom is -0.302 e. The molecule has 0 aliphatic carbocycles. The van der Waals surface area contributed by atoms with Crippen molar-refractivity contribution in [3.63, 3.8) is 0 Å². The lowest BCUT2D eigenvalue weighted by Crippen LogP contribution is -1.94. The minimum atomic E-state index is -5.07. The minimum absolute atomic E-state index is 0.250. The predicted molar refractivity (Wildman–Crippen MR) is 108 cm³/mol. The summed E-state index contributed by atoms with van der Waals surface area (Å²) in [4.78, 5) is 26.2. The first-order valence-electron chi connectivity index (χ1n) is 9.61. The fourth-order valence-electron chi connectivity index (χ4n) is 2.54. The van der Waals surface area contributed by atoms with Crippen LogP contribution in [0.2, 0.25) is 0 Å². The second kappa shape index (κ2) is 14.7. The van der Waals surface area contributed by atoms with Crippen LogP contribution in [0.15, 0.2) is 23.3 Å². The quantitative estimate of drug-likeness (QED) is 0.157. The Morgan fingerprint density at radius 3 is 2.00 bits per heavy atom. The van der Waals surface area contributed by atoms with E-state index in [-0.39, 0.29) is 6.61 Å². The molecule has 0 saturated heterocycles. The molecule has 160 valence electrons. The fourth-order valence-corrected chi connectivity index (χ4v) is 4.07. The molecule has 27 heavy (non-hydrogen) atoms. The molecular weight excluding hydrogens is 390 g/mol. The van der Waals surface area contributed by atoms with Crippen LogP contribution < -0.4 is 0 Å². The van der Waals surface area contributed by atoms with Crippen molar-refractivity contribution < 1.29 is 32.6 Å². The van der Waals surface area contributed by atoms with Crippen LogP contribution >= 0.6 is 15.6 Å². The van der Waals surface area contributed by atoms with Crippen LogP contribution in [0.5, 0.6) is 0 Å². The van der Waals surface area contributed by atoms with E-state index < -0.39 is 15.6 Å². The third-order valence-electron chi connectivity index (χ3n) is 4.09. The van der Waals surface area contributed by atoms with E-state index in [1.54, 1.807) is 6.08 Å². The van der Waals surface area contributed by atoms with Crippen molar-refractivity contribution in [3.05, 3.63) is 23.3 Å². The molecule has 0 aromatic rings. The fraction of sp³-hybridized carbons (Fsp3) is 0.778. The number of hydrogen-bond donors (Lipinski definition) is 3. The molecule has 1 unspecified atom stereocenters. The molecule has 0 rings (SSSR count). The largest absolute Gasteiger partial charge is 0.481 e. The summed E-state index contributed by atoms with van der Waals surface area (Å²) in [5, 5.41) is 0. The van der Waals surface area contributed by atoms with Gasteiger partial charge in [0.1, 0.15) is 0 Å². The van der Waals surface area contributed by atoms with Gasteiger partial charge in [0.25, 0.3) is 0 Å². The average Bonchev–Trinajstić information content (AvgIpc) is 2.51. The molecule has 0 heterocycles. The third kappa shape index (κ3) is 18.9. The van der Waals surface area contributed by atoms with E-state index in [9.17, 15) is 9.13 Å². The molecule has 0 aromatic carbocycles. The van der Waals surface area contributed by atoms with E-state index >= 15 is 0 Å². The van der Waals surface area contributed by atoms with Gasteiger partial charge in [0, 0.05) is 0 Å². The highest BCUT2D eigenvalue weighted by molar-refractivity contribution is 7.60. The first-order valence-corrected chi connectivity index (χ1v) is 12.6. The van der Waals surface area contributed by atoms with E-state index in [0.717, 1.165) is 24.8 Å². The van der Waals surface area contributed by atoms with Gasteiger partial charge in [-0.25, -0.2) is 9.13 Å². The molecule has 9 heteroatoms. The lowest BCUT2D eigenvalue weighted by Gasteiger charge is -2.11. The molecule has 0 aliphatic rings. The van der Waals surface area contributed by atoms with Crippen LogP contribution in [0.1, 0.15) is 85.0 Å². The molecule has 0 spiro atoms. The van der Waals surface area contributed by atoms with Crippen molar-refractivity contribution in [1.82, 2.24) is 0 Å². The number of unbranched alkanes of at least 4 members (excludes halogenated alkanes) is 6. The van der Waals surface area contributed by atoms with Crippen molar-refractivity contribution in [2.75, 3.05) is 6.61 Å². The summed E-state index contributed by atoms with van der Waals surface area (Å²) in [6, 6.07) is 0. The maximum atomic E-state index is 11.3. The summed E-state index contributed by atoms with van der Waals surface area (Å²) in [5.74, 6) is 0. The van der Waals surface area contributed by atoms with Crippen LogP contribution in [0.25, 0.3) is 0 Å². The van der Waals surface area contributed by atoms with Gasteiger partial charge in [0.2, 0.25) is 0 Å². The van der Waals surface area contributed by atoms with Crippen LogP contribution in [0.3, 0.4) is 0 Å². The highest BCUT2D eigenvalue weighted by Crippen LogP contribution is 2.57. The number of phosphoric ester groups is 1. The summed E-state index contributed by atoms with van der Waals surface area (Å²) in [5.41, 5.74) is 2.34. The molecule has 0 bridgehead atoms. The van der Waals surface area contributed by atoms with Gasteiger partial charge in [-0.15, -0.1) is 0 Å². The van der Waals surface area contributed by atoms with Crippen LogP contribution in [0, 0.1) is 0 Å². The summed E-state index contributed by atoms with van der Waals surface area (Å²) in [6.45, 7) is 5.99. The Hall–Kier alpha value is -0.260. The Labute approximate surface area is 163 Å². The van der Waals surface area contributed by atoms with Gasteiger partial charge in [-0.3, -0.25) is 4.52 Å². The van der Waals surface area contributed by atoms with E-state index in [1.165, 1.54) is 50.5 Å². The Balaban J connectivity index is 3.94. The molecule has 0 aromatic heterocycles. The van der Waals surface area contributed by atoms with E-state index in [2.05, 4.69) is 28.8 Å². The predicted octanol–water partition coefficient (Wildman–Crippen LogP) is 6.03. The smallest absolute Gasteiger partial charge is 0.302 e. The molecule has 1 atom stereocenters. The van der Waals surface area contributed by atoms with Crippen LogP contribution in [-0.2, 0) is 18.0 Å². The lowest BCUT2D eigenvalue weighted by molar-refractivity contribution is 0.191. The Morgan fingerprint density at radius 1 is 0.852 bits per heavy atom. The van der Waals surface area contributed by atoms with Crippen LogP contribution in [-0.4, -0.2) is 21.3 Å². The topological polar surface area (TPSA) is 113 Å². The zero-order chi connectivity index (χ0) is 20.8. The van der Waals surface area contributed by atoms with E-state index in [0.29, 0.717) is 0 Å². The van der Waals surface area contributed by atoms with E-state index in [1.807, 2.05) is 6.92 Å². The summed E-state index contributed by atoms with van der Waals surface area (Å²) >= 11 is 0. The number of rotatable bonds is 16. The molecular formula is C18H36O7P2. The number of allylic oxidation sites excluding steroid dienone is 3. The number of hydrogen-bond acceptors (Lipinski definition) is 4. The SMILES string of the molecule is CCCCCCCCC/C(C)=C/CC/C(C)=C/COP(=O)(O)OP(=O)(O)O. The molecule has 3 N–H and O–H groups in total. The average molecular weight is 426 g/mol. The molecule has 7 nitrogen and oxygen atoms in total. The molecule has 0 amide bonds. The lowest BCUT2D eigenvalue weighted by atomic mass is 10.0. The van der Waals surface area contributed by atoms with Gasteiger partial charge < -0.3 is 14.7 Å². The van der Waals surface area contributed by atoms with Gasteiger partial charge in [0.05, 0.1) is 6.61 Å². The highest BCUT2D eigenvalue weighted by Gasteiger charge is 2.31. The van der Waals surface area contributed by atoms with Crippen molar-refractivity contribution in [3.8, 4) is 0 Å². The molecule has 0 fully saturated rings. The monoisotopic (exact) mass is 426 g/mol. The van der Waals surface area contributed by atoms with Crippen molar-refractivity contribution >= 4 is 15.6 Å². The second-order valence-corrected chi connectivity index (χ2v) is 9.68. The first-order chi connectivity index (χ1) is 12.6. The van der Waals surface area contributed by atoms with Gasteiger partial charge >= 0.3 is 15.6 Å². The normalized spacial score (nSPS) is 15.8. The summed E-state index contributed by atoms with van der Waals surface area (Å²) < 4.78 is 30.1. The Bertz CT molecular complexity index is 552. The molecule has 0 radical (unpaired) electrons. The van der Waals surface area contributed by atoms with Crippen molar-refractivity contribution in [2.24, 2.45) is 0 Å². The molecule has 0 aliphatic heterocycles. The van der Waals surface area contributed by atoms with Crippen molar-refractivity contribution in [2.45, 2.75) is 85.0 Å². The summed E-state index contributed by atoms with van der Waals surface area (Å²) in [7, 11) is -9.82. The van der Waals surface area contributed by atoms with Gasteiger partial charge in [-0.2, -0.15) is 4.31 Å². The Kier molecular flexibility index (Phi) is 14.6. The number of phosphoric acid groups is 2. The summed E-state index contributed by atoms with van der Waals surface area (Å²) in [6.07, 6.45) is 15.7. The van der Waals surface area contributed by atoms with E-state index in [4.69, 9.17) is 14.7 Å².